The number of esters is 1. The molecule has 0 heterocycles. The van der Waals surface area contributed by atoms with Gasteiger partial charge in [0, 0.05) is 29.1 Å². The molecule has 0 saturated heterocycles. The SMILES string of the molecule is CCCCC(=O)O[C@]1(C(=O)CO)C(C)C[C@H]2[C@H]3CCC4=CC(=O)C=C[C@]4(C)[C@@]3(F)C(O)C[C@@]21C. The van der Waals surface area contributed by atoms with Gasteiger partial charge in [0.05, 0.1) is 6.10 Å². The fraction of sp³-hybridized carbons (Fsp3) is 0.741. The molecule has 0 radical (unpaired) electrons. The molecule has 4 rings (SSSR count). The number of allylic oxidation sites excluding steroid dienone is 4. The number of fused-ring (bicyclic) bond motifs is 5. The second kappa shape index (κ2) is 8.37. The van der Waals surface area contributed by atoms with E-state index in [0.29, 0.717) is 31.3 Å². The fourth-order valence-corrected chi connectivity index (χ4v) is 8.07. The van der Waals surface area contributed by atoms with Crippen LogP contribution in [0.1, 0.15) is 72.6 Å². The minimum absolute atomic E-state index is 0.0769. The first kappa shape index (κ1) is 25.2. The summed E-state index contributed by atoms with van der Waals surface area (Å²) in [4.78, 5) is 38.1. The molecule has 0 spiro atoms. The molecule has 3 fully saturated rings. The Hall–Kier alpha value is -1.86. The van der Waals surface area contributed by atoms with Gasteiger partial charge in [-0.2, -0.15) is 0 Å². The summed E-state index contributed by atoms with van der Waals surface area (Å²) >= 11 is 0. The average molecular weight is 477 g/mol. The third kappa shape index (κ3) is 3.08. The van der Waals surface area contributed by atoms with Crippen LogP contribution in [0.2, 0.25) is 0 Å². The minimum atomic E-state index is -2.03. The molecule has 8 atom stereocenters. The van der Waals surface area contributed by atoms with Gasteiger partial charge in [-0.1, -0.05) is 38.8 Å². The van der Waals surface area contributed by atoms with Crippen LogP contribution in [0.4, 0.5) is 4.39 Å². The summed E-state index contributed by atoms with van der Waals surface area (Å²) in [5.74, 6) is -2.62. The lowest BCUT2D eigenvalue weighted by Crippen LogP contribution is -2.70. The van der Waals surface area contributed by atoms with Crippen molar-refractivity contribution in [2.45, 2.75) is 90.0 Å². The number of ketones is 2. The molecule has 2 unspecified atom stereocenters. The Morgan fingerprint density at radius 3 is 2.62 bits per heavy atom. The highest BCUT2D eigenvalue weighted by Gasteiger charge is 2.77. The summed E-state index contributed by atoms with van der Waals surface area (Å²) in [5, 5.41) is 21.4. The van der Waals surface area contributed by atoms with E-state index in [4.69, 9.17) is 4.74 Å². The zero-order valence-corrected chi connectivity index (χ0v) is 20.6. The highest BCUT2D eigenvalue weighted by atomic mass is 19.1. The number of ether oxygens (including phenoxy) is 1. The van der Waals surface area contributed by atoms with Crippen LogP contribution in [0.25, 0.3) is 0 Å². The van der Waals surface area contributed by atoms with Gasteiger partial charge < -0.3 is 14.9 Å². The lowest BCUT2D eigenvalue weighted by atomic mass is 9.44. The second-order valence-electron chi connectivity index (χ2n) is 11.3. The maximum Gasteiger partial charge on any atom is 0.306 e. The van der Waals surface area contributed by atoms with E-state index < -0.39 is 58.4 Å². The van der Waals surface area contributed by atoms with Gasteiger partial charge in [-0.05, 0) is 57.1 Å². The molecule has 0 aromatic heterocycles. The van der Waals surface area contributed by atoms with E-state index in [1.807, 2.05) is 20.8 Å². The van der Waals surface area contributed by atoms with Crippen molar-refractivity contribution < 1.29 is 33.7 Å². The first-order chi connectivity index (χ1) is 15.9. The summed E-state index contributed by atoms with van der Waals surface area (Å²) in [6, 6.07) is 0. The Morgan fingerprint density at radius 2 is 1.97 bits per heavy atom. The van der Waals surface area contributed by atoms with Crippen molar-refractivity contribution in [3.63, 3.8) is 0 Å². The van der Waals surface area contributed by atoms with Crippen molar-refractivity contribution in [3.05, 3.63) is 23.8 Å². The van der Waals surface area contributed by atoms with E-state index in [-0.39, 0.29) is 24.5 Å². The number of carbonyl (C=O) groups is 3. The molecule has 0 aliphatic heterocycles. The third-order valence-electron chi connectivity index (χ3n) is 9.75. The standard InChI is InChI=1S/C27H37FO6/c1-5-6-7-23(33)34-27(22(32)15-29)16(2)12-20-19-9-8-17-13-18(30)10-11-24(17,3)26(19,28)21(31)14-25(20,27)4/h10-11,13,16,19-21,29,31H,5-9,12,14-15H2,1-4H3/t16?,19-,20+,21?,24+,25+,26+,27+/m1/s1. The number of alkyl halides is 1. The van der Waals surface area contributed by atoms with Gasteiger partial charge in [0.15, 0.2) is 17.1 Å². The van der Waals surface area contributed by atoms with Crippen LogP contribution in [0.3, 0.4) is 0 Å². The largest absolute Gasteiger partial charge is 0.450 e. The number of hydrogen-bond donors (Lipinski definition) is 2. The molecule has 188 valence electrons. The van der Waals surface area contributed by atoms with Crippen LogP contribution < -0.4 is 0 Å². The number of aliphatic hydroxyl groups excluding tert-OH is 2. The third-order valence-corrected chi connectivity index (χ3v) is 9.75. The molecule has 4 aliphatic carbocycles. The molecule has 7 heteroatoms. The summed E-state index contributed by atoms with van der Waals surface area (Å²) in [6.45, 7) is 6.55. The van der Waals surface area contributed by atoms with Gasteiger partial charge >= 0.3 is 5.97 Å². The van der Waals surface area contributed by atoms with Crippen molar-refractivity contribution >= 4 is 17.5 Å². The van der Waals surface area contributed by atoms with E-state index >= 15 is 4.39 Å². The molecule has 34 heavy (non-hydrogen) atoms. The monoisotopic (exact) mass is 476 g/mol. The van der Waals surface area contributed by atoms with Crippen LogP contribution in [0, 0.1) is 28.6 Å². The lowest BCUT2D eigenvalue weighted by molar-refractivity contribution is -0.228. The quantitative estimate of drug-likeness (QED) is 0.568. The van der Waals surface area contributed by atoms with Crippen LogP contribution in [0.5, 0.6) is 0 Å². The van der Waals surface area contributed by atoms with E-state index in [2.05, 4.69) is 0 Å². The molecule has 0 aromatic carbocycles. The Balaban J connectivity index is 1.80. The summed E-state index contributed by atoms with van der Waals surface area (Å²) < 4.78 is 23.3. The maximum atomic E-state index is 17.3. The van der Waals surface area contributed by atoms with E-state index in [9.17, 15) is 24.6 Å². The first-order valence-electron chi connectivity index (χ1n) is 12.6. The molecule has 6 nitrogen and oxygen atoms in total. The van der Waals surface area contributed by atoms with Gasteiger partial charge in [-0.25, -0.2) is 4.39 Å². The predicted octanol–water partition coefficient (Wildman–Crippen LogP) is 3.64. The van der Waals surface area contributed by atoms with Gasteiger partial charge in [-0.15, -0.1) is 0 Å². The number of unbranched alkanes of at least 4 members (excludes halogenated alkanes) is 1. The Kier molecular flexibility index (Phi) is 6.21. The topological polar surface area (TPSA) is 101 Å². The van der Waals surface area contributed by atoms with Gasteiger partial charge in [0.2, 0.25) is 5.78 Å². The fourth-order valence-electron chi connectivity index (χ4n) is 8.07. The highest BCUT2D eigenvalue weighted by molar-refractivity contribution is 6.01. The number of rotatable bonds is 6. The van der Waals surface area contributed by atoms with Crippen LogP contribution in [-0.2, 0) is 19.1 Å². The number of Topliss-reactive ketones (excluding diaryl/α,β-unsaturated/α-hetero) is 1. The normalized spacial score (nSPS) is 45.1. The number of hydrogen-bond acceptors (Lipinski definition) is 6. The van der Waals surface area contributed by atoms with E-state index in [1.165, 1.54) is 12.2 Å². The number of carbonyl (C=O) groups excluding carboxylic acids is 3. The van der Waals surface area contributed by atoms with Crippen molar-refractivity contribution in [2.24, 2.45) is 28.6 Å². The van der Waals surface area contributed by atoms with E-state index in [0.717, 1.165) is 6.42 Å². The van der Waals surface area contributed by atoms with Gasteiger partial charge in [0.1, 0.15) is 6.61 Å². The first-order valence-corrected chi connectivity index (χ1v) is 12.6. The lowest BCUT2D eigenvalue weighted by Gasteiger charge is -2.62. The van der Waals surface area contributed by atoms with Crippen LogP contribution in [-0.4, -0.2) is 51.7 Å². The molecule has 0 amide bonds. The van der Waals surface area contributed by atoms with Gasteiger partial charge in [-0.3, -0.25) is 14.4 Å². The smallest absolute Gasteiger partial charge is 0.306 e. The zero-order chi connectivity index (χ0) is 25.1. The molecular formula is C27H37FO6. The molecule has 2 N–H and O–H groups in total. The predicted molar refractivity (Wildman–Crippen MR) is 123 cm³/mol. The van der Waals surface area contributed by atoms with Crippen molar-refractivity contribution in [2.75, 3.05) is 6.61 Å². The Bertz CT molecular complexity index is 957. The summed E-state index contributed by atoms with van der Waals surface area (Å²) in [6.07, 6.45) is 5.92. The van der Waals surface area contributed by atoms with Crippen molar-refractivity contribution in [1.82, 2.24) is 0 Å². The minimum Gasteiger partial charge on any atom is -0.450 e. The zero-order valence-electron chi connectivity index (χ0n) is 20.6. The van der Waals surface area contributed by atoms with Crippen LogP contribution >= 0.6 is 0 Å². The second-order valence-corrected chi connectivity index (χ2v) is 11.3. The molecule has 0 bridgehead atoms. The van der Waals surface area contributed by atoms with E-state index in [1.54, 1.807) is 13.0 Å². The molecule has 4 aliphatic rings. The Labute approximate surface area is 200 Å². The highest BCUT2D eigenvalue weighted by Crippen LogP contribution is 2.71. The molecule has 3 saturated carbocycles. The maximum absolute atomic E-state index is 17.3. The molecular weight excluding hydrogens is 439 g/mol. The van der Waals surface area contributed by atoms with Crippen molar-refractivity contribution in [1.29, 1.82) is 0 Å². The Morgan fingerprint density at radius 1 is 1.26 bits per heavy atom. The van der Waals surface area contributed by atoms with Gasteiger partial charge in [0.25, 0.3) is 0 Å². The average Bonchev–Trinajstić information content (AvgIpc) is 3.00. The number of aliphatic hydroxyl groups is 2. The number of halogens is 1. The summed E-state index contributed by atoms with van der Waals surface area (Å²) in [7, 11) is 0. The summed E-state index contributed by atoms with van der Waals surface area (Å²) in [5.41, 5.74) is -5.11. The van der Waals surface area contributed by atoms with Crippen LogP contribution in [0.15, 0.2) is 23.8 Å². The van der Waals surface area contributed by atoms with Crippen molar-refractivity contribution in [3.8, 4) is 0 Å². The molecule has 0 aromatic rings.